The molecule has 9 heteroatoms. The number of hydrogen-bond donors (Lipinski definition) is 2. The normalized spacial score (nSPS) is 16.2. The molecule has 0 radical (unpaired) electrons. The summed E-state index contributed by atoms with van der Waals surface area (Å²) < 4.78 is 24.5. The Morgan fingerprint density at radius 2 is 2.04 bits per heavy atom. The summed E-state index contributed by atoms with van der Waals surface area (Å²) in [5.74, 6) is -1.31. The molecule has 1 atom stereocenters. The summed E-state index contributed by atoms with van der Waals surface area (Å²) in [4.78, 5) is 13.4. The fraction of sp³-hybridized carbons (Fsp3) is 0.412. The molecule has 0 unspecified atom stereocenters. The lowest BCUT2D eigenvalue weighted by Crippen LogP contribution is -2.33. The highest BCUT2D eigenvalue weighted by Crippen LogP contribution is 2.21. The van der Waals surface area contributed by atoms with E-state index < -0.39 is 21.9 Å². The minimum absolute atomic E-state index is 0.288. The lowest BCUT2D eigenvalue weighted by molar-refractivity contribution is 0.0694. The number of sulfone groups is 1. The zero-order valence-electron chi connectivity index (χ0n) is 14.4. The van der Waals surface area contributed by atoms with Crippen molar-refractivity contribution in [3.63, 3.8) is 0 Å². The molecule has 8 nitrogen and oxygen atoms in total. The van der Waals surface area contributed by atoms with Gasteiger partial charge in [-0.3, -0.25) is 9.58 Å². The van der Waals surface area contributed by atoms with E-state index in [0.717, 1.165) is 17.5 Å². The maximum absolute atomic E-state index is 11.3. The molecular formula is C17H21N3O5S. The third-order valence-corrected chi connectivity index (χ3v) is 5.26. The maximum Gasteiger partial charge on any atom is 0.336 e. The first-order chi connectivity index (χ1) is 12.2. The second kappa shape index (κ2) is 7.18. The van der Waals surface area contributed by atoms with Crippen LogP contribution < -0.4 is 0 Å². The van der Waals surface area contributed by atoms with Crippen LogP contribution in [0.15, 0.2) is 30.3 Å². The fourth-order valence-electron chi connectivity index (χ4n) is 3.12. The average Bonchev–Trinajstić information content (AvgIpc) is 2.97. The van der Waals surface area contributed by atoms with E-state index in [2.05, 4.69) is 10.00 Å². The number of aromatic nitrogens is 2. The van der Waals surface area contributed by atoms with Crippen LogP contribution >= 0.6 is 0 Å². The number of benzene rings is 1. The van der Waals surface area contributed by atoms with Gasteiger partial charge >= 0.3 is 5.97 Å². The van der Waals surface area contributed by atoms with Crippen molar-refractivity contribution < 1.29 is 23.4 Å². The standard InChI is InChI=1S/C17H21N3O5S/c1-26(24,25)11-16(21)15-8-13-10-19(6-7-20(13)18-15)9-12-4-2-3-5-14(12)17(22)23/h2-5,8,16,21H,6-7,9-11H2,1H3,(H,22,23)/t16-/m1/s1. The van der Waals surface area contributed by atoms with Crippen molar-refractivity contribution in [2.75, 3.05) is 18.6 Å². The van der Waals surface area contributed by atoms with Gasteiger partial charge in [-0.2, -0.15) is 5.10 Å². The van der Waals surface area contributed by atoms with Gasteiger partial charge in [0.2, 0.25) is 0 Å². The summed E-state index contributed by atoms with van der Waals surface area (Å²) >= 11 is 0. The van der Waals surface area contributed by atoms with Crippen LogP contribution in [0.5, 0.6) is 0 Å². The molecule has 140 valence electrons. The summed E-state index contributed by atoms with van der Waals surface area (Å²) in [5.41, 5.74) is 2.24. The van der Waals surface area contributed by atoms with Crippen LogP contribution in [-0.4, -0.2) is 57.8 Å². The van der Waals surface area contributed by atoms with Gasteiger partial charge in [-0.25, -0.2) is 13.2 Å². The van der Waals surface area contributed by atoms with Gasteiger partial charge in [0.25, 0.3) is 0 Å². The van der Waals surface area contributed by atoms with Crippen LogP contribution in [0.2, 0.25) is 0 Å². The largest absolute Gasteiger partial charge is 0.478 e. The van der Waals surface area contributed by atoms with E-state index in [1.54, 1.807) is 28.9 Å². The summed E-state index contributed by atoms with van der Waals surface area (Å²) in [6.07, 6.45) is -0.0716. The van der Waals surface area contributed by atoms with Crippen molar-refractivity contribution in [2.24, 2.45) is 0 Å². The highest BCUT2D eigenvalue weighted by Gasteiger charge is 2.24. The van der Waals surface area contributed by atoms with Gasteiger partial charge in [-0.1, -0.05) is 18.2 Å². The second-order valence-corrected chi connectivity index (χ2v) is 8.75. The molecule has 2 aromatic rings. The number of aliphatic hydroxyl groups is 1. The Kier molecular flexibility index (Phi) is 5.12. The first-order valence-electron chi connectivity index (χ1n) is 8.19. The van der Waals surface area contributed by atoms with Crippen molar-refractivity contribution in [1.82, 2.24) is 14.7 Å². The quantitative estimate of drug-likeness (QED) is 0.759. The van der Waals surface area contributed by atoms with Crippen molar-refractivity contribution >= 4 is 15.8 Å². The molecule has 1 aliphatic rings. The number of rotatable bonds is 6. The number of aliphatic hydroxyl groups excluding tert-OH is 1. The molecule has 2 N–H and O–H groups in total. The van der Waals surface area contributed by atoms with E-state index in [1.807, 2.05) is 6.07 Å². The molecule has 0 saturated carbocycles. The number of aromatic carboxylic acids is 1. The number of fused-ring (bicyclic) bond motifs is 1. The van der Waals surface area contributed by atoms with E-state index >= 15 is 0 Å². The van der Waals surface area contributed by atoms with E-state index in [1.165, 1.54) is 0 Å². The van der Waals surface area contributed by atoms with Crippen molar-refractivity contribution in [1.29, 1.82) is 0 Å². The molecule has 26 heavy (non-hydrogen) atoms. The molecule has 0 saturated heterocycles. The third kappa shape index (κ3) is 4.29. The molecule has 0 spiro atoms. The Balaban J connectivity index is 1.73. The van der Waals surface area contributed by atoms with Crippen LogP contribution in [0.3, 0.4) is 0 Å². The number of nitrogens with zero attached hydrogens (tertiary/aromatic N) is 3. The number of carbonyl (C=O) groups is 1. The first kappa shape index (κ1) is 18.6. The highest BCUT2D eigenvalue weighted by atomic mass is 32.2. The molecular weight excluding hydrogens is 358 g/mol. The van der Waals surface area contributed by atoms with Gasteiger partial charge in [0.1, 0.15) is 15.9 Å². The molecule has 1 aromatic carbocycles. The number of carboxylic acid groups (broad SMARTS) is 1. The van der Waals surface area contributed by atoms with E-state index in [4.69, 9.17) is 0 Å². The Labute approximate surface area is 151 Å². The van der Waals surface area contributed by atoms with Crippen LogP contribution in [-0.2, 0) is 29.5 Å². The SMILES string of the molecule is CS(=O)(=O)C[C@@H](O)c1cc2n(n1)CCN(Cc1ccccc1C(=O)O)C2. The van der Waals surface area contributed by atoms with E-state index in [9.17, 15) is 23.4 Å². The van der Waals surface area contributed by atoms with Gasteiger partial charge in [0.05, 0.1) is 29.2 Å². The molecule has 0 amide bonds. The predicted molar refractivity (Wildman–Crippen MR) is 94.4 cm³/mol. The van der Waals surface area contributed by atoms with Crippen LogP contribution in [0, 0.1) is 0 Å². The monoisotopic (exact) mass is 379 g/mol. The summed E-state index contributed by atoms with van der Waals surface area (Å²) in [7, 11) is -3.30. The smallest absolute Gasteiger partial charge is 0.336 e. The average molecular weight is 379 g/mol. The third-order valence-electron chi connectivity index (χ3n) is 4.34. The lowest BCUT2D eigenvalue weighted by atomic mass is 10.1. The summed E-state index contributed by atoms with van der Waals surface area (Å²) in [5, 5.41) is 23.7. The Hall–Kier alpha value is -2.23. The predicted octanol–water partition coefficient (Wildman–Crippen LogP) is 0.675. The molecule has 0 aliphatic carbocycles. The Morgan fingerprint density at radius 1 is 1.31 bits per heavy atom. The Morgan fingerprint density at radius 3 is 2.73 bits per heavy atom. The maximum atomic E-state index is 11.3. The molecule has 3 rings (SSSR count). The van der Waals surface area contributed by atoms with E-state index in [-0.39, 0.29) is 11.3 Å². The van der Waals surface area contributed by atoms with Crippen LogP contribution in [0.1, 0.15) is 33.4 Å². The van der Waals surface area contributed by atoms with Crippen LogP contribution in [0.4, 0.5) is 0 Å². The van der Waals surface area contributed by atoms with Gasteiger partial charge < -0.3 is 10.2 Å². The fourth-order valence-corrected chi connectivity index (χ4v) is 3.86. The Bertz CT molecular complexity index is 922. The number of carboxylic acids is 1. The first-order valence-corrected chi connectivity index (χ1v) is 10.2. The van der Waals surface area contributed by atoms with Gasteiger partial charge in [0.15, 0.2) is 0 Å². The number of hydrogen-bond acceptors (Lipinski definition) is 6. The zero-order valence-corrected chi connectivity index (χ0v) is 15.2. The van der Waals surface area contributed by atoms with Gasteiger partial charge in [-0.05, 0) is 17.7 Å². The molecule has 0 bridgehead atoms. The molecule has 1 aliphatic heterocycles. The zero-order chi connectivity index (χ0) is 18.9. The molecule has 0 fully saturated rings. The minimum Gasteiger partial charge on any atom is -0.478 e. The minimum atomic E-state index is -3.30. The highest BCUT2D eigenvalue weighted by molar-refractivity contribution is 7.90. The molecule has 2 heterocycles. The van der Waals surface area contributed by atoms with Gasteiger partial charge in [-0.15, -0.1) is 0 Å². The van der Waals surface area contributed by atoms with Crippen molar-refractivity contribution in [3.8, 4) is 0 Å². The molecule has 1 aromatic heterocycles. The van der Waals surface area contributed by atoms with Crippen molar-refractivity contribution in [3.05, 3.63) is 52.8 Å². The van der Waals surface area contributed by atoms with Gasteiger partial charge in [0, 0.05) is 25.9 Å². The van der Waals surface area contributed by atoms with Crippen molar-refractivity contribution in [2.45, 2.75) is 25.7 Å². The second-order valence-electron chi connectivity index (χ2n) is 6.56. The summed E-state index contributed by atoms with van der Waals surface area (Å²) in [6, 6.07) is 8.62. The van der Waals surface area contributed by atoms with Crippen LogP contribution in [0.25, 0.3) is 0 Å². The lowest BCUT2D eigenvalue weighted by Gasteiger charge is -2.27. The van der Waals surface area contributed by atoms with E-state index in [0.29, 0.717) is 31.9 Å². The summed E-state index contributed by atoms with van der Waals surface area (Å²) in [6.45, 7) is 2.32. The topological polar surface area (TPSA) is 113 Å².